The number of hydrogen-bond acceptors (Lipinski definition) is 1. The average molecular weight is 328 g/mol. The molecular weight excluding hydrogens is 278 g/mol. The predicted molar refractivity (Wildman–Crippen MR) is 113 cm³/mol. The molecule has 0 aromatic heterocycles. The summed E-state index contributed by atoms with van der Waals surface area (Å²) >= 11 is 0. The topological polar surface area (TPSA) is 3.24 Å². The van der Waals surface area contributed by atoms with Gasteiger partial charge in [-0.05, 0) is 18.3 Å². The van der Waals surface area contributed by atoms with Crippen LogP contribution in [0.3, 0.4) is 0 Å². The highest BCUT2D eigenvalue weighted by molar-refractivity contribution is 4.95. The molecule has 0 saturated carbocycles. The molecular formula is C22H49N. The fraction of sp³-hybridized carbons (Fsp3) is 0.818. The van der Waals surface area contributed by atoms with E-state index in [1.165, 1.54) is 50.6 Å². The summed E-state index contributed by atoms with van der Waals surface area (Å²) in [6, 6.07) is 0. The van der Waals surface area contributed by atoms with E-state index < -0.39 is 0 Å². The molecule has 0 aliphatic heterocycles. The summed E-state index contributed by atoms with van der Waals surface area (Å²) in [5, 5.41) is 0. The number of allylic oxidation sites excluding steroid dienone is 1. The predicted octanol–water partition coefficient (Wildman–Crippen LogP) is 7.94. The maximum atomic E-state index is 4.00. The summed E-state index contributed by atoms with van der Waals surface area (Å²) in [6.45, 7) is 25.6. The second-order valence-electron chi connectivity index (χ2n) is 6.61. The molecule has 0 radical (unpaired) electrons. The third-order valence-electron chi connectivity index (χ3n) is 3.44. The van der Waals surface area contributed by atoms with Crippen LogP contribution in [0.4, 0.5) is 0 Å². The first-order valence-electron chi connectivity index (χ1n) is 9.64. The van der Waals surface area contributed by atoms with Crippen molar-refractivity contribution in [2.24, 2.45) is 11.8 Å². The molecule has 0 heterocycles. The zero-order valence-corrected chi connectivity index (χ0v) is 18.2. The Morgan fingerprint density at radius 2 is 1.17 bits per heavy atom. The van der Waals surface area contributed by atoms with Gasteiger partial charge in [-0.1, -0.05) is 93.6 Å². The van der Waals surface area contributed by atoms with Gasteiger partial charge in [0, 0.05) is 19.8 Å². The van der Waals surface area contributed by atoms with Crippen LogP contribution < -0.4 is 0 Å². The van der Waals surface area contributed by atoms with Crippen molar-refractivity contribution >= 4 is 0 Å². The van der Waals surface area contributed by atoms with E-state index in [4.69, 9.17) is 0 Å². The molecule has 0 bridgehead atoms. The van der Waals surface area contributed by atoms with E-state index >= 15 is 0 Å². The number of unbranched alkanes of at least 4 members (excludes halogenated alkanes) is 2. The zero-order chi connectivity index (χ0) is 19.3. The first-order valence-corrected chi connectivity index (χ1v) is 9.64. The number of rotatable bonds is 8. The van der Waals surface area contributed by atoms with E-state index in [2.05, 4.69) is 87.2 Å². The molecule has 0 fully saturated rings. The molecule has 0 aromatic rings. The van der Waals surface area contributed by atoms with Crippen molar-refractivity contribution in [1.29, 1.82) is 0 Å². The summed E-state index contributed by atoms with van der Waals surface area (Å²) in [5.41, 5.74) is 1.24. The molecule has 0 rings (SSSR count). The number of hydrogen-bond donors (Lipinski definition) is 0. The summed E-state index contributed by atoms with van der Waals surface area (Å²) in [7, 11) is 4.10. The maximum Gasteiger partial charge on any atom is 0.00832 e. The lowest BCUT2D eigenvalue weighted by Crippen LogP contribution is -2.16. The zero-order valence-electron chi connectivity index (χ0n) is 18.2. The van der Waals surface area contributed by atoms with E-state index in [1.807, 2.05) is 0 Å². The first-order chi connectivity index (χ1) is 10.8. The van der Waals surface area contributed by atoms with Gasteiger partial charge in [-0.2, -0.15) is 0 Å². The highest BCUT2D eigenvalue weighted by Gasteiger charge is 2.05. The van der Waals surface area contributed by atoms with Crippen molar-refractivity contribution in [3.05, 3.63) is 25.4 Å². The van der Waals surface area contributed by atoms with Gasteiger partial charge >= 0.3 is 0 Å². The lowest BCUT2D eigenvalue weighted by Gasteiger charge is -2.21. The molecule has 0 aliphatic carbocycles. The Labute approximate surface area is 150 Å². The first kappa shape index (κ1) is 30.2. The van der Waals surface area contributed by atoms with Crippen molar-refractivity contribution in [1.82, 2.24) is 4.90 Å². The van der Waals surface area contributed by atoms with Gasteiger partial charge in [0.25, 0.3) is 0 Å². The fourth-order valence-corrected chi connectivity index (χ4v) is 1.97. The summed E-state index contributed by atoms with van der Waals surface area (Å²) < 4.78 is 0. The molecule has 1 nitrogen and oxygen atoms in total. The van der Waals surface area contributed by atoms with Gasteiger partial charge in [-0.15, -0.1) is 13.2 Å². The Balaban J connectivity index is -0.000000119. The standard InChI is InChI=1S/C9H19N.C6H14.C5H12.C2H4/c1-6-7-8(2)9(3)10(4)5;1-4-5-6(2)3;1-3-5-4-2;1-2/h8H,3,6-7H2,1-2,4-5H3;6H,4-5H2,1-3H3;3-5H2,1-2H3;1-2H2. The Kier molecular flexibility index (Phi) is 34.4. The van der Waals surface area contributed by atoms with Gasteiger partial charge in [-0.25, -0.2) is 0 Å². The quantitative estimate of drug-likeness (QED) is 0.409. The largest absolute Gasteiger partial charge is 0.381 e. The average Bonchev–Trinajstić information content (AvgIpc) is 2.50. The lowest BCUT2D eigenvalue weighted by atomic mass is 10.0. The minimum atomic E-state index is 0.639. The van der Waals surface area contributed by atoms with Crippen molar-refractivity contribution in [3.63, 3.8) is 0 Å². The normalized spacial score (nSPS) is 10.2. The highest BCUT2D eigenvalue weighted by Crippen LogP contribution is 2.15. The third-order valence-corrected chi connectivity index (χ3v) is 3.44. The highest BCUT2D eigenvalue weighted by atomic mass is 15.1. The van der Waals surface area contributed by atoms with Crippen molar-refractivity contribution < 1.29 is 0 Å². The van der Waals surface area contributed by atoms with Crippen LogP contribution in [-0.4, -0.2) is 19.0 Å². The van der Waals surface area contributed by atoms with Crippen LogP contribution in [0.2, 0.25) is 0 Å². The molecule has 0 amide bonds. The molecule has 1 unspecified atom stereocenters. The summed E-state index contributed by atoms with van der Waals surface area (Å²) in [5.74, 6) is 1.54. The summed E-state index contributed by atoms with van der Waals surface area (Å²) in [6.07, 6.45) is 9.27. The van der Waals surface area contributed by atoms with Gasteiger partial charge in [0.1, 0.15) is 0 Å². The van der Waals surface area contributed by atoms with Crippen LogP contribution in [0.25, 0.3) is 0 Å². The smallest absolute Gasteiger partial charge is 0.00832 e. The molecule has 0 spiro atoms. The molecule has 0 aromatic carbocycles. The SMILES string of the molecule is C=C.C=C(C(C)CCC)N(C)C.CCCC(C)C.CCCCC. The van der Waals surface area contributed by atoms with Crippen LogP contribution in [0.1, 0.15) is 93.4 Å². The van der Waals surface area contributed by atoms with E-state index in [1.54, 1.807) is 0 Å². The van der Waals surface area contributed by atoms with Crippen molar-refractivity contribution in [3.8, 4) is 0 Å². The molecule has 1 heteroatoms. The van der Waals surface area contributed by atoms with Gasteiger partial charge in [0.15, 0.2) is 0 Å². The van der Waals surface area contributed by atoms with E-state index in [9.17, 15) is 0 Å². The fourth-order valence-electron chi connectivity index (χ4n) is 1.97. The van der Waals surface area contributed by atoms with E-state index in [0.717, 1.165) is 5.92 Å². The van der Waals surface area contributed by atoms with Crippen LogP contribution >= 0.6 is 0 Å². The summed E-state index contributed by atoms with van der Waals surface area (Å²) in [4.78, 5) is 2.10. The second-order valence-corrected chi connectivity index (χ2v) is 6.61. The molecule has 0 aliphatic rings. The molecule has 1 atom stereocenters. The van der Waals surface area contributed by atoms with Crippen LogP contribution in [-0.2, 0) is 0 Å². The van der Waals surface area contributed by atoms with Gasteiger partial charge in [0.05, 0.1) is 0 Å². The molecule has 142 valence electrons. The maximum absolute atomic E-state index is 4.00. The third kappa shape index (κ3) is 33.9. The molecule has 23 heavy (non-hydrogen) atoms. The molecule has 0 N–H and O–H groups in total. The minimum absolute atomic E-state index is 0.639. The van der Waals surface area contributed by atoms with E-state index in [0.29, 0.717) is 5.92 Å². The van der Waals surface area contributed by atoms with Crippen LogP contribution in [0.15, 0.2) is 25.4 Å². The van der Waals surface area contributed by atoms with Crippen molar-refractivity contribution in [2.45, 2.75) is 93.4 Å². The Bertz CT molecular complexity index is 204. The Morgan fingerprint density at radius 3 is 1.30 bits per heavy atom. The van der Waals surface area contributed by atoms with Gasteiger partial charge in [-0.3, -0.25) is 0 Å². The monoisotopic (exact) mass is 327 g/mol. The molecule has 0 saturated heterocycles. The Hall–Kier alpha value is -0.720. The lowest BCUT2D eigenvalue weighted by molar-refractivity contribution is 0.417. The second kappa shape index (κ2) is 26.2. The van der Waals surface area contributed by atoms with Crippen LogP contribution in [0, 0.1) is 11.8 Å². The van der Waals surface area contributed by atoms with Crippen molar-refractivity contribution in [2.75, 3.05) is 14.1 Å². The number of nitrogens with zero attached hydrogens (tertiary/aromatic N) is 1. The van der Waals surface area contributed by atoms with Gasteiger partial charge in [0.2, 0.25) is 0 Å². The van der Waals surface area contributed by atoms with Gasteiger partial charge < -0.3 is 4.90 Å². The minimum Gasteiger partial charge on any atom is -0.381 e. The van der Waals surface area contributed by atoms with Crippen LogP contribution in [0.5, 0.6) is 0 Å². The Morgan fingerprint density at radius 1 is 0.783 bits per heavy atom. The van der Waals surface area contributed by atoms with E-state index in [-0.39, 0.29) is 0 Å².